The highest BCUT2D eigenvalue weighted by Crippen LogP contribution is 2.35. The Kier molecular flexibility index (Phi) is 4.38. The monoisotopic (exact) mass is 305 g/mol. The first kappa shape index (κ1) is 15.0. The van der Waals surface area contributed by atoms with Crippen LogP contribution >= 0.6 is 0 Å². The number of fused-ring (bicyclic) bond motifs is 1. The minimum Gasteiger partial charge on any atom is -0.496 e. The molecule has 1 aromatic carbocycles. The highest BCUT2D eigenvalue weighted by Gasteiger charge is 2.21. The first-order chi connectivity index (χ1) is 10.7. The molecule has 120 valence electrons. The molecule has 6 nitrogen and oxygen atoms in total. The maximum atomic E-state index is 6.07. The van der Waals surface area contributed by atoms with Gasteiger partial charge in [-0.15, -0.1) is 0 Å². The van der Waals surface area contributed by atoms with E-state index in [4.69, 9.17) is 19.9 Å². The summed E-state index contributed by atoms with van der Waals surface area (Å²) in [6, 6.07) is 4.07. The van der Waals surface area contributed by atoms with Crippen LogP contribution in [-0.4, -0.2) is 50.4 Å². The fraction of sp³-hybridized carbons (Fsp3) is 0.562. The molecule has 1 unspecified atom stereocenters. The smallest absolute Gasteiger partial charge is 0.191 e. The molecule has 1 aromatic rings. The summed E-state index contributed by atoms with van der Waals surface area (Å²) in [5.41, 5.74) is 8.26. The van der Waals surface area contributed by atoms with Crippen LogP contribution in [0.4, 0.5) is 0 Å². The Labute approximate surface area is 130 Å². The number of guanidine groups is 1. The molecule has 22 heavy (non-hydrogen) atoms. The number of nitrogens with two attached hydrogens (primary N) is 1. The lowest BCUT2D eigenvalue weighted by molar-refractivity contribution is 0.0674. The third-order valence-electron chi connectivity index (χ3n) is 4.05. The van der Waals surface area contributed by atoms with E-state index >= 15 is 0 Å². The molecule has 2 N–H and O–H groups in total. The maximum Gasteiger partial charge on any atom is 0.191 e. The third-order valence-corrected chi connectivity index (χ3v) is 4.05. The molecule has 0 saturated carbocycles. The average molecular weight is 305 g/mol. The summed E-state index contributed by atoms with van der Waals surface area (Å²) in [5.74, 6) is 2.33. The van der Waals surface area contributed by atoms with Crippen LogP contribution in [0, 0.1) is 0 Å². The quantitative estimate of drug-likeness (QED) is 0.670. The number of morpholine rings is 1. The Morgan fingerprint density at radius 3 is 2.91 bits per heavy atom. The molecule has 0 aromatic heterocycles. The molecule has 2 aliphatic heterocycles. The zero-order chi connectivity index (χ0) is 15.5. The van der Waals surface area contributed by atoms with Crippen molar-refractivity contribution in [2.75, 3.05) is 33.4 Å². The van der Waals surface area contributed by atoms with E-state index in [0.717, 1.165) is 36.6 Å². The maximum absolute atomic E-state index is 6.07. The second-order valence-corrected chi connectivity index (χ2v) is 5.68. The first-order valence-electron chi connectivity index (χ1n) is 7.66. The van der Waals surface area contributed by atoms with Gasteiger partial charge in [0.25, 0.3) is 0 Å². The number of ether oxygens (including phenoxy) is 3. The normalized spacial score (nSPS) is 21.5. The van der Waals surface area contributed by atoms with Gasteiger partial charge in [0.1, 0.15) is 17.6 Å². The third kappa shape index (κ3) is 3.11. The van der Waals surface area contributed by atoms with Gasteiger partial charge in [-0.1, -0.05) is 0 Å². The number of benzene rings is 1. The van der Waals surface area contributed by atoms with E-state index in [1.165, 1.54) is 5.56 Å². The molecule has 2 aliphatic rings. The Morgan fingerprint density at radius 1 is 1.41 bits per heavy atom. The van der Waals surface area contributed by atoms with Crippen molar-refractivity contribution in [3.05, 3.63) is 23.3 Å². The van der Waals surface area contributed by atoms with Crippen molar-refractivity contribution >= 4 is 5.96 Å². The van der Waals surface area contributed by atoms with Gasteiger partial charge >= 0.3 is 0 Å². The number of rotatable bonds is 3. The Balaban J connectivity index is 1.75. The van der Waals surface area contributed by atoms with Crippen LogP contribution < -0.4 is 15.2 Å². The summed E-state index contributed by atoms with van der Waals surface area (Å²) >= 11 is 0. The van der Waals surface area contributed by atoms with Gasteiger partial charge in [0, 0.05) is 30.6 Å². The highest BCUT2D eigenvalue weighted by molar-refractivity contribution is 5.78. The van der Waals surface area contributed by atoms with Gasteiger partial charge in [-0.05, 0) is 19.1 Å². The molecule has 3 rings (SSSR count). The second-order valence-electron chi connectivity index (χ2n) is 5.68. The highest BCUT2D eigenvalue weighted by atomic mass is 16.5. The largest absolute Gasteiger partial charge is 0.496 e. The lowest BCUT2D eigenvalue weighted by Gasteiger charge is -2.27. The lowest BCUT2D eigenvalue weighted by atomic mass is 10.1. The molecule has 0 aliphatic carbocycles. The number of nitrogens with zero attached hydrogens (tertiary/aromatic N) is 2. The standard InChI is InChI=1S/C16H23N3O3/c1-11-7-12-8-14(20-2)13(9-15(12)22-11)10-18-16(17)19-3-5-21-6-4-19/h8-9,11H,3-7,10H2,1-2H3,(H2,17,18). The summed E-state index contributed by atoms with van der Waals surface area (Å²) in [4.78, 5) is 6.54. The van der Waals surface area contributed by atoms with Crippen LogP contribution in [0.3, 0.4) is 0 Å². The van der Waals surface area contributed by atoms with Crippen molar-refractivity contribution in [1.29, 1.82) is 0 Å². The van der Waals surface area contributed by atoms with Crippen LogP contribution in [0.1, 0.15) is 18.1 Å². The minimum absolute atomic E-state index is 0.219. The number of aliphatic imine (C=N–C) groups is 1. The van der Waals surface area contributed by atoms with Gasteiger partial charge in [0.05, 0.1) is 26.9 Å². The van der Waals surface area contributed by atoms with E-state index < -0.39 is 0 Å². The predicted octanol–water partition coefficient (Wildman–Crippen LogP) is 1.17. The van der Waals surface area contributed by atoms with E-state index in [9.17, 15) is 0 Å². The van der Waals surface area contributed by atoms with Crippen LogP contribution in [-0.2, 0) is 17.7 Å². The van der Waals surface area contributed by atoms with Gasteiger partial charge < -0.3 is 24.8 Å². The molecular weight excluding hydrogens is 282 g/mol. The minimum atomic E-state index is 0.219. The molecule has 1 saturated heterocycles. The van der Waals surface area contributed by atoms with Crippen molar-refractivity contribution in [3.63, 3.8) is 0 Å². The van der Waals surface area contributed by atoms with E-state index in [-0.39, 0.29) is 6.10 Å². The molecule has 0 amide bonds. The fourth-order valence-electron chi connectivity index (χ4n) is 2.85. The zero-order valence-corrected chi connectivity index (χ0v) is 13.2. The number of methoxy groups -OCH3 is 1. The summed E-state index contributed by atoms with van der Waals surface area (Å²) < 4.78 is 16.6. The summed E-state index contributed by atoms with van der Waals surface area (Å²) in [6.45, 7) is 5.53. The van der Waals surface area contributed by atoms with E-state index in [1.807, 2.05) is 11.0 Å². The Bertz CT molecular complexity index is 568. The van der Waals surface area contributed by atoms with Crippen LogP contribution in [0.25, 0.3) is 0 Å². The van der Waals surface area contributed by atoms with Gasteiger partial charge in [0.2, 0.25) is 0 Å². The van der Waals surface area contributed by atoms with Gasteiger partial charge in [-0.3, -0.25) is 0 Å². The second kappa shape index (κ2) is 6.44. The molecule has 2 heterocycles. The average Bonchev–Trinajstić information content (AvgIpc) is 2.91. The van der Waals surface area contributed by atoms with E-state index in [0.29, 0.717) is 25.7 Å². The SMILES string of the molecule is COc1cc2c(cc1CN=C(N)N1CCOCC1)OC(C)C2. The van der Waals surface area contributed by atoms with Crippen LogP contribution in [0.5, 0.6) is 11.5 Å². The molecule has 0 spiro atoms. The summed E-state index contributed by atoms with van der Waals surface area (Å²) in [5, 5.41) is 0. The summed E-state index contributed by atoms with van der Waals surface area (Å²) in [7, 11) is 1.68. The Morgan fingerprint density at radius 2 is 2.18 bits per heavy atom. The Hall–Kier alpha value is -1.95. The molecule has 0 radical (unpaired) electrons. The van der Waals surface area contributed by atoms with Gasteiger partial charge in [0.15, 0.2) is 5.96 Å². The van der Waals surface area contributed by atoms with Gasteiger partial charge in [-0.25, -0.2) is 4.99 Å². The first-order valence-corrected chi connectivity index (χ1v) is 7.66. The predicted molar refractivity (Wildman–Crippen MR) is 84.5 cm³/mol. The molecule has 1 atom stereocenters. The van der Waals surface area contributed by atoms with Crippen molar-refractivity contribution in [2.45, 2.75) is 26.0 Å². The molecule has 0 bridgehead atoms. The van der Waals surface area contributed by atoms with Crippen molar-refractivity contribution in [1.82, 2.24) is 4.90 Å². The number of hydrogen-bond acceptors (Lipinski definition) is 4. The topological polar surface area (TPSA) is 69.3 Å². The van der Waals surface area contributed by atoms with E-state index in [2.05, 4.69) is 18.0 Å². The van der Waals surface area contributed by atoms with Crippen molar-refractivity contribution < 1.29 is 14.2 Å². The zero-order valence-electron chi connectivity index (χ0n) is 13.2. The molecule has 1 fully saturated rings. The van der Waals surface area contributed by atoms with Crippen molar-refractivity contribution in [2.24, 2.45) is 10.7 Å². The van der Waals surface area contributed by atoms with Crippen LogP contribution in [0.15, 0.2) is 17.1 Å². The van der Waals surface area contributed by atoms with E-state index in [1.54, 1.807) is 7.11 Å². The summed E-state index contributed by atoms with van der Waals surface area (Å²) in [6.07, 6.45) is 1.14. The lowest BCUT2D eigenvalue weighted by Crippen LogP contribution is -2.44. The van der Waals surface area contributed by atoms with Crippen molar-refractivity contribution in [3.8, 4) is 11.5 Å². The van der Waals surface area contributed by atoms with Gasteiger partial charge in [-0.2, -0.15) is 0 Å². The molecular formula is C16H23N3O3. The molecule has 6 heteroatoms. The number of hydrogen-bond donors (Lipinski definition) is 1. The fourth-order valence-corrected chi connectivity index (χ4v) is 2.85. The van der Waals surface area contributed by atoms with Crippen LogP contribution in [0.2, 0.25) is 0 Å².